The predicted molar refractivity (Wildman–Crippen MR) is 74.1 cm³/mol. The van der Waals surface area contributed by atoms with Gasteiger partial charge in [-0.1, -0.05) is 11.6 Å². The van der Waals surface area contributed by atoms with E-state index in [-0.39, 0.29) is 27.9 Å². The molecule has 21 heavy (non-hydrogen) atoms. The van der Waals surface area contributed by atoms with E-state index < -0.39 is 10.9 Å². The van der Waals surface area contributed by atoms with Crippen LogP contribution < -0.4 is 4.74 Å². The minimum absolute atomic E-state index is 0.160. The van der Waals surface area contributed by atoms with Gasteiger partial charge in [-0.2, -0.15) is 0 Å². The second-order valence-electron chi connectivity index (χ2n) is 4.08. The molecule has 108 valence electrons. The molecule has 0 spiro atoms. The van der Waals surface area contributed by atoms with E-state index in [9.17, 15) is 20.0 Å². The number of aromatic carboxylic acids is 1. The number of aromatic nitrogens is 1. The summed E-state index contributed by atoms with van der Waals surface area (Å²) in [4.78, 5) is 25.4. The molecule has 0 amide bonds. The van der Waals surface area contributed by atoms with Crippen molar-refractivity contribution in [2.45, 2.75) is 6.92 Å². The van der Waals surface area contributed by atoms with E-state index in [0.29, 0.717) is 5.56 Å². The Labute approximate surface area is 123 Å². The first-order chi connectivity index (χ1) is 9.90. The van der Waals surface area contributed by atoms with Crippen molar-refractivity contribution in [1.29, 1.82) is 0 Å². The summed E-state index contributed by atoms with van der Waals surface area (Å²) in [7, 11) is 0. The predicted octanol–water partition coefficient (Wildman–Crippen LogP) is 3.44. The quantitative estimate of drug-likeness (QED) is 0.685. The van der Waals surface area contributed by atoms with Crippen molar-refractivity contribution in [2.75, 3.05) is 0 Å². The smallest absolute Gasteiger partial charge is 0.341 e. The monoisotopic (exact) mass is 308 g/mol. The fourth-order valence-electron chi connectivity index (χ4n) is 1.70. The number of carbonyl (C=O) groups is 1. The second kappa shape index (κ2) is 5.76. The molecule has 0 aliphatic carbocycles. The van der Waals surface area contributed by atoms with Gasteiger partial charge in [0.25, 0.3) is 0 Å². The van der Waals surface area contributed by atoms with Gasteiger partial charge in [0, 0.05) is 23.4 Å². The highest BCUT2D eigenvalue weighted by Crippen LogP contribution is 2.34. The number of pyridine rings is 1. The third-order valence-corrected chi connectivity index (χ3v) is 2.90. The Morgan fingerprint density at radius 2 is 2.14 bits per heavy atom. The van der Waals surface area contributed by atoms with Gasteiger partial charge >= 0.3 is 11.7 Å². The standard InChI is InChI=1S/C13H9ClN2O5/c1-7-4-5-15-12(11(7)13(17)18)21-10-6-8(14)2-3-9(10)16(19)20/h2-6H,1H3,(H,17,18). The van der Waals surface area contributed by atoms with Crippen LogP contribution in [0.25, 0.3) is 0 Å². The van der Waals surface area contributed by atoms with Gasteiger partial charge in [-0.15, -0.1) is 0 Å². The summed E-state index contributed by atoms with van der Waals surface area (Å²) < 4.78 is 5.31. The lowest BCUT2D eigenvalue weighted by molar-refractivity contribution is -0.385. The van der Waals surface area contributed by atoms with Crippen LogP contribution in [0.4, 0.5) is 5.69 Å². The van der Waals surface area contributed by atoms with E-state index in [1.54, 1.807) is 6.92 Å². The van der Waals surface area contributed by atoms with Gasteiger partial charge in [0.2, 0.25) is 11.6 Å². The Morgan fingerprint density at radius 1 is 1.43 bits per heavy atom. The van der Waals surface area contributed by atoms with Crippen molar-refractivity contribution in [2.24, 2.45) is 0 Å². The Morgan fingerprint density at radius 3 is 2.76 bits per heavy atom. The van der Waals surface area contributed by atoms with Gasteiger partial charge in [-0.05, 0) is 24.6 Å². The number of carboxylic acid groups (broad SMARTS) is 1. The normalized spacial score (nSPS) is 10.2. The molecule has 0 atom stereocenters. The van der Waals surface area contributed by atoms with Crippen LogP contribution in [0.5, 0.6) is 11.6 Å². The van der Waals surface area contributed by atoms with Crippen LogP contribution in [0, 0.1) is 17.0 Å². The van der Waals surface area contributed by atoms with Gasteiger partial charge in [0.05, 0.1) is 4.92 Å². The number of hydrogen-bond donors (Lipinski definition) is 1. The van der Waals surface area contributed by atoms with E-state index in [1.807, 2.05) is 0 Å². The molecule has 1 N–H and O–H groups in total. The average Bonchev–Trinajstić information content (AvgIpc) is 2.37. The number of nitro benzene ring substituents is 1. The molecular weight excluding hydrogens is 300 g/mol. The fourth-order valence-corrected chi connectivity index (χ4v) is 1.86. The number of nitro groups is 1. The van der Waals surface area contributed by atoms with Gasteiger partial charge in [0.1, 0.15) is 5.56 Å². The van der Waals surface area contributed by atoms with Crippen LogP contribution in [0.3, 0.4) is 0 Å². The van der Waals surface area contributed by atoms with E-state index in [1.165, 1.54) is 30.5 Å². The van der Waals surface area contributed by atoms with Crippen molar-refractivity contribution in [3.05, 3.63) is 56.7 Å². The summed E-state index contributed by atoms with van der Waals surface area (Å²) >= 11 is 5.78. The van der Waals surface area contributed by atoms with E-state index in [0.717, 1.165) is 0 Å². The zero-order valence-electron chi connectivity index (χ0n) is 10.7. The third kappa shape index (κ3) is 3.09. The molecule has 0 saturated carbocycles. The highest BCUT2D eigenvalue weighted by atomic mass is 35.5. The second-order valence-corrected chi connectivity index (χ2v) is 4.52. The summed E-state index contributed by atoms with van der Waals surface area (Å²) in [6.45, 7) is 1.57. The van der Waals surface area contributed by atoms with E-state index >= 15 is 0 Å². The maximum atomic E-state index is 11.2. The Balaban J connectivity index is 2.53. The van der Waals surface area contributed by atoms with Gasteiger partial charge in [-0.3, -0.25) is 10.1 Å². The molecule has 0 saturated heterocycles. The van der Waals surface area contributed by atoms with Crippen molar-refractivity contribution < 1.29 is 19.6 Å². The maximum Gasteiger partial charge on any atom is 0.341 e. The van der Waals surface area contributed by atoms with Gasteiger partial charge in [0.15, 0.2) is 0 Å². The number of ether oxygens (including phenoxy) is 1. The molecule has 0 bridgehead atoms. The molecule has 0 aliphatic heterocycles. The van der Waals surface area contributed by atoms with Crippen LogP contribution in [0.15, 0.2) is 30.5 Å². The molecule has 0 aliphatic rings. The van der Waals surface area contributed by atoms with Crippen LogP contribution in [-0.2, 0) is 0 Å². The highest BCUT2D eigenvalue weighted by molar-refractivity contribution is 6.30. The molecule has 1 aromatic heterocycles. The minimum Gasteiger partial charge on any atom is -0.477 e. The van der Waals surface area contributed by atoms with Crippen molar-refractivity contribution in [1.82, 2.24) is 4.98 Å². The summed E-state index contributed by atoms with van der Waals surface area (Å²) in [5.74, 6) is -1.64. The maximum absolute atomic E-state index is 11.2. The molecular formula is C13H9ClN2O5. The zero-order valence-corrected chi connectivity index (χ0v) is 11.5. The molecule has 0 unspecified atom stereocenters. The first kappa shape index (κ1) is 14.7. The molecule has 8 heteroatoms. The average molecular weight is 309 g/mol. The lowest BCUT2D eigenvalue weighted by Gasteiger charge is -2.09. The SMILES string of the molecule is Cc1ccnc(Oc2cc(Cl)ccc2[N+](=O)[O-])c1C(=O)O. The molecule has 1 heterocycles. The first-order valence-electron chi connectivity index (χ1n) is 5.71. The van der Waals surface area contributed by atoms with E-state index in [2.05, 4.69) is 4.98 Å². The van der Waals surface area contributed by atoms with Crippen LogP contribution in [-0.4, -0.2) is 21.0 Å². The lowest BCUT2D eigenvalue weighted by Crippen LogP contribution is -2.05. The summed E-state index contributed by atoms with van der Waals surface area (Å²) in [5, 5.41) is 20.4. The molecule has 2 aromatic rings. The molecule has 1 aromatic carbocycles. The molecule has 7 nitrogen and oxygen atoms in total. The third-order valence-electron chi connectivity index (χ3n) is 2.66. The number of halogens is 1. The first-order valence-corrected chi connectivity index (χ1v) is 6.08. The largest absolute Gasteiger partial charge is 0.477 e. The molecule has 0 fully saturated rings. The van der Waals surface area contributed by atoms with Crippen LogP contribution in [0.2, 0.25) is 5.02 Å². The topological polar surface area (TPSA) is 103 Å². The lowest BCUT2D eigenvalue weighted by atomic mass is 10.1. The van der Waals surface area contributed by atoms with Gasteiger partial charge < -0.3 is 9.84 Å². The molecule has 2 rings (SSSR count). The number of rotatable bonds is 4. The van der Waals surface area contributed by atoms with Crippen molar-refractivity contribution in [3.8, 4) is 11.6 Å². The number of benzene rings is 1. The summed E-state index contributed by atoms with van der Waals surface area (Å²) in [6.07, 6.45) is 1.35. The Bertz CT molecular complexity index is 732. The van der Waals surface area contributed by atoms with Crippen LogP contribution >= 0.6 is 11.6 Å². The summed E-state index contributed by atoms with van der Waals surface area (Å²) in [6, 6.07) is 5.25. The van der Waals surface area contributed by atoms with Crippen molar-refractivity contribution >= 4 is 23.3 Å². The highest BCUT2D eigenvalue weighted by Gasteiger charge is 2.21. The van der Waals surface area contributed by atoms with Gasteiger partial charge in [-0.25, -0.2) is 9.78 Å². The van der Waals surface area contributed by atoms with Crippen molar-refractivity contribution in [3.63, 3.8) is 0 Å². The Hall–Kier alpha value is -2.67. The summed E-state index contributed by atoms with van der Waals surface area (Å²) in [5.41, 5.74) is -0.0667. The zero-order chi connectivity index (χ0) is 15.6. The number of carboxylic acids is 1. The van der Waals surface area contributed by atoms with E-state index in [4.69, 9.17) is 16.3 Å². The molecule has 0 radical (unpaired) electrons. The number of aryl methyl sites for hydroxylation is 1. The minimum atomic E-state index is -1.24. The number of nitrogens with zero attached hydrogens (tertiary/aromatic N) is 2. The Kier molecular flexibility index (Phi) is 4.04. The fraction of sp³-hybridized carbons (Fsp3) is 0.0769. The van der Waals surface area contributed by atoms with Crippen LogP contribution in [0.1, 0.15) is 15.9 Å². The number of hydrogen-bond acceptors (Lipinski definition) is 5.